The Morgan fingerprint density at radius 3 is 2.38 bits per heavy atom. The van der Waals surface area contributed by atoms with E-state index in [2.05, 4.69) is 15.9 Å². The molecule has 2 nitrogen and oxygen atoms in total. The van der Waals surface area contributed by atoms with Gasteiger partial charge >= 0.3 is 7.69 Å². The second-order valence-corrected chi connectivity index (χ2v) is 4.18. The summed E-state index contributed by atoms with van der Waals surface area (Å²) in [5.74, 6) is 0.611. The van der Waals surface area contributed by atoms with Crippen molar-refractivity contribution in [3.05, 3.63) is 53.0 Å². The Balaban J connectivity index is 2.36. The summed E-state index contributed by atoms with van der Waals surface area (Å²) in [6.45, 7) is 0. The number of hydrogen-bond acceptors (Lipinski definition) is 2. The lowest BCUT2D eigenvalue weighted by molar-refractivity contribution is 0.454. The van der Waals surface area contributed by atoms with E-state index in [1.165, 1.54) is 0 Å². The number of rotatable bonds is 3. The molecule has 1 N–H and O–H groups in total. The minimum atomic E-state index is 0.611. The van der Waals surface area contributed by atoms with Crippen LogP contribution in [0.3, 0.4) is 0 Å². The summed E-state index contributed by atoms with van der Waals surface area (Å²) in [6, 6.07) is 15.5. The first kappa shape index (κ1) is 11.2. The average Bonchev–Trinajstić information content (AvgIpc) is 2.30. The Kier molecular flexibility index (Phi) is 3.64. The summed E-state index contributed by atoms with van der Waals surface area (Å²) in [5, 5.41) is 8.57. The second-order valence-electron chi connectivity index (χ2n) is 3.26. The van der Waals surface area contributed by atoms with E-state index >= 15 is 0 Å². The van der Waals surface area contributed by atoms with Crippen LogP contribution in [0.1, 0.15) is 0 Å². The molecule has 0 bridgehead atoms. The SMILES string of the molecule is O[B]Oc1cccc(-c2cccc(Br)c2)c1. The third-order valence-corrected chi connectivity index (χ3v) is 2.67. The van der Waals surface area contributed by atoms with Gasteiger partial charge in [-0.15, -0.1) is 0 Å². The zero-order chi connectivity index (χ0) is 11.4. The smallest absolute Gasteiger partial charge is 0.537 e. The van der Waals surface area contributed by atoms with Gasteiger partial charge in [-0.2, -0.15) is 0 Å². The van der Waals surface area contributed by atoms with Crippen molar-refractivity contribution in [2.75, 3.05) is 0 Å². The molecule has 0 aromatic heterocycles. The molecule has 1 radical (unpaired) electrons. The molecule has 16 heavy (non-hydrogen) atoms. The fourth-order valence-corrected chi connectivity index (χ4v) is 1.88. The maximum absolute atomic E-state index is 8.57. The molecule has 0 aliphatic carbocycles. The van der Waals surface area contributed by atoms with E-state index in [9.17, 15) is 0 Å². The van der Waals surface area contributed by atoms with Crippen molar-refractivity contribution in [1.29, 1.82) is 0 Å². The van der Waals surface area contributed by atoms with Gasteiger partial charge < -0.3 is 9.68 Å². The largest absolute Gasteiger partial charge is 0.569 e. The topological polar surface area (TPSA) is 29.5 Å². The monoisotopic (exact) mass is 275 g/mol. The van der Waals surface area contributed by atoms with Gasteiger partial charge in [0, 0.05) is 4.47 Å². The average molecular weight is 276 g/mol. The number of halogens is 1. The Bertz CT molecular complexity index is 488. The van der Waals surface area contributed by atoms with Gasteiger partial charge in [0.25, 0.3) is 0 Å². The lowest BCUT2D eigenvalue weighted by Gasteiger charge is -2.05. The van der Waals surface area contributed by atoms with Gasteiger partial charge in [0.05, 0.1) is 0 Å². The fraction of sp³-hybridized carbons (Fsp3) is 0. The Morgan fingerprint density at radius 2 is 1.69 bits per heavy atom. The molecule has 0 aliphatic heterocycles. The van der Waals surface area contributed by atoms with Crippen LogP contribution < -0.4 is 4.65 Å². The van der Waals surface area contributed by atoms with Crippen LogP contribution in [0.25, 0.3) is 11.1 Å². The van der Waals surface area contributed by atoms with Gasteiger partial charge in [0.1, 0.15) is 5.75 Å². The van der Waals surface area contributed by atoms with Crippen molar-refractivity contribution in [3.63, 3.8) is 0 Å². The van der Waals surface area contributed by atoms with Crippen molar-refractivity contribution in [2.24, 2.45) is 0 Å². The zero-order valence-corrected chi connectivity index (χ0v) is 10.0. The lowest BCUT2D eigenvalue weighted by Crippen LogP contribution is -1.99. The van der Waals surface area contributed by atoms with Crippen molar-refractivity contribution in [2.45, 2.75) is 0 Å². The highest BCUT2D eigenvalue weighted by atomic mass is 79.9. The van der Waals surface area contributed by atoms with Crippen LogP contribution in [0.5, 0.6) is 5.75 Å². The maximum Gasteiger partial charge on any atom is 0.569 e. The molecule has 0 unspecified atom stereocenters. The van der Waals surface area contributed by atoms with E-state index in [0.717, 1.165) is 15.6 Å². The lowest BCUT2D eigenvalue weighted by atomic mass is 10.1. The second kappa shape index (κ2) is 5.19. The molecular weight excluding hydrogens is 267 g/mol. The highest BCUT2D eigenvalue weighted by molar-refractivity contribution is 9.10. The van der Waals surface area contributed by atoms with Gasteiger partial charge in [-0.3, -0.25) is 0 Å². The molecule has 2 rings (SSSR count). The van der Waals surface area contributed by atoms with Crippen LogP contribution in [0, 0.1) is 0 Å². The molecule has 0 heterocycles. The van der Waals surface area contributed by atoms with Crippen molar-refractivity contribution in [1.82, 2.24) is 0 Å². The van der Waals surface area contributed by atoms with Gasteiger partial charge in [-0.05, 0) is 35.4 Å². The first-order chi connectivity index (χ1) is 7.79. The molecule has 0 atom stereocenters. The predicted molar refractivity (Wildman–Crippen MR) is 68.2 cm³/mol. The molecule has 0 amide bonds. The van der Waals surface area contributed by atoms with Gasteiger partial charge in [0.15, 0.2) is 0 Å². The molecule has 0 saturated heterocycles. The van der Waals surface area contributed by atoms with E-state index in [1.54, 1.807) is 6.07 Å². The first-order valence-electron chi connectivity index (χ1n) is 4.78. The Morgan fingerprint density at radius 1 is 1.00 bits per heavy atom. The molecule has 0 aliphatic rings. The summed E-state index contributed by atoms with van der Waals surface area (Å²) in [5.41, 5.74) is 2.14. The minimum absolute atomic E-state index is 0.611. The van der Waals surface area contributed by atoms with Crippen LogP contribution in [0.4, 0.5) is 0 Å². The minimum Gasteiger partial charge on any atom is -0.537 e. The maximum atomic E-state index is 8.57. The summed E-state index contributed by atoms with van der Waals surface area (Å²) < 4.78 is 5.95. The van der Waals surface area contributed by atoms with E-state index in [1.807, 2.05) is 42.5 Å². The molecule has 79 valence electrons. The summed E-state index contributed by atoms with van der Waals surface area (Å²) in [4.78, 5) is 0. The molecule has 0 fully saturated rings. The molecule has 0 spiro atoms. The first-order valence-corrected chi connectivity index (χ1v) is 5.57. The van der Waals surface area contributed by atoms with Crippen LogP contribution in [-0.2, 0) is 0 Å². The van der Waals surface area contributed by atoms with Crippen molar-refractivity contribution in [3.8, 4) is 16.9 Å². The third-order valence-electron chi connectivity index (χ3n) is 2.18. The molecule has 2 aromatic carbocycles. The summed E-state index contributed by atoms with van der Waals surface area (Å²) in [7, 11) is 0.681. The Hall–Kier alpha value is -1.26. The van der Waals surface area contributed by atoms with Crippen LogP contribution in [-0.4, -0.2) is 12.7 Å². The zero-order valence-electron chi connectivity index (χ0n) is 8.43. The van der Waals surface area contributed by atoms with E-state index in [-0.39, 0.29) is 0 Å². The van der Waals surface area contributed by atoms with Crippen molar-refractivity contribution < 1.29 is 9.68 Å². The van der Waals surface area contributed by atoms with Crippen LogP contribution in [0.2, 0.25) is 0 Å². The Labute approximate surface area is 103 Å². The quantitative estimate of drug-likeness (QED) is 0.873. The normalized spacial score (nSPS) is 9.88. The highest BCUT2D eigenvalue weighted by Gasteiger charge is 2.00. The van der Waals surface area contributed by atoms with Gasteiger partial charge in [0.2, 0.25) is 0 Å². The molecule has 4 heteroatoms. The number of benzene rings is 2. The third kappa shape index (κ3) is 2.65. The van der Waals surface area contributed by atoms with E-state index in [4.69, 9.17) is 9.68 Å². The highest BCUT2D eigenvalue weighted by Crippen LogP contribution is 2.25. The van der Waals surface area contributed by atoms with Crippen LogP contribution in [0.15, 0.2) is 53.0 Å². The van der Waals surface area contributed by atoms with Gasteiger partial charge in [-0.1, -0.05) is 40.2 Å². The van der Waals surface area contributed by atoms with E-state index < -0.39 is 0 Å². The van der Waals surface area contributed by atoms with Crippen LogP contribution >= 0.6 is 15.9 Å². The predicted octanol–water partition coefficient (Wildman–Crippen LogP) is 3.02. The standard InChI is InChI=1S/C12H9BBrO2/c14-11-5-1-3-9(7-11)10-4-2-6-12(8-10)16-13-15/h1-8,15H. The molecule has 0 saturated carbocycles. The number of hydrogen-bond donors (Lipinski definition) is 1. The van der Waals surface area contributed by atoms with Gasteiger partial charge in [-0.25, -0.2) is 0 Å². The van der Waals surface area contributed by atoms with Crippen molar-refractivity contribution >= 4 is 23.6 Å². The summed E-state index contributed by atoms with van der Waals surface area (Å²) in [6.07, 6.45) is 0. The molecule has 2 aromatic rings. The summed E-state index contributed by atoms with van der Waals surface area (Å²) >= 11 is 3.43. The van der Waals surface area contributed by atoms with E-state index in [0.29, 0.717) is 13.4 Å². The molecular formula is C12H9BBrO2. The fourth-order valence-electron chi connectivity index (χ4n) is 1.48.